The predicted octanol–water partition coefficient (Wildman–Crippen LogP) is 6.80. The van der Waals surface area contributed by atoms with E-state index in [1.807, 2.05) is 24.3 Å². The van der Waals surface area contributed by atoms with Crippen molar-refractivity contribution in [1.29, 1.82) is 0 Å². The topological polar surface area (TPSA) is 105 Å². The van der Waals surface area contributed by atoms with Gasteiger partial charge in [0.05, 0.1) is 29.3 Å². The molecule has 2 aliphatic carbocycles. The van der Waals surface area contributed by atoms with Gasteiger partial charge >= 0.3 is 5.97 Å². The summed E-state index contributed by atoms with van der Waals surface area (Å²) >= 11 is 6.54. The zero-order chi connectivity index (χ0) is 30.5. The van der Waals surface area contributed by atoms with E-state index in [0.717, 1.165) is 23.1 Å². The SMILES string of the molecule is CC1CCN=C(C(=O)Nc2ccc(CC(=O)CC3CC(F)C[C@H]3COC3CCC(C(=O)O)CC3)cc2Cl)c2ccccc21. The summed E-state index contributed by atoms with van der Waals surface area (Å²) in [6, 6.07) is 13.0. The summed E-state index contributed by atoms with van der Waals surface area (Å²) in [6.07, 6.45) is 3.71. The summed E-state index contributed by atoms with van der Waals surface area (Å²) in [5.41, 5.74) is 3.51. The molecule has 1 heterocycles. The molecule has 7 nitrogen and oxygen atoms in total. The molecule has 230 valence electrons. The number of aliphatic carboxylic acids is 1. The number of anilines is 1. The van der Waals surface area contributed by atoms with E-state index in [2.05, 4.69) is 17.2 Å². The van der Waals surface area contributed by atoms with Crippen LogP contribution < -0.4 is 5.32 Å². The first-order valence-electron chi connectivity index (χ1n) is 15.4. The number of alkyl halides is 1. The van der Waals surface area contributed by atoms with Crippen LogP contribution in [-0.2, 0) is 25.5 Å². The number of ether oxygens (including phenoxy) is 1. The van der Waals surface area contributed by atoms with Gasteiger partial charge in [-0.15, -0.1) is 0 Å². The van der Waals surface area contributed by atoms with E-state index in [1.54, 1.807) is 18.2 Å². The third kappa shape index (κ3) is 7.90. The summed E-state index contributed by atoms with van der Waals surface area (Å²) in [6.45, 7) is 3.10. The van der Waals surface area contributed by atoms with E-state index in [9.17, 15) is 23.9 Å². The lowest BCUT2D eigenvalue weighted by Crippen LogP contribution is -2.28. The van der Waals surface area contributed by atoms with Crippen molar-refractivity contribution in [3.63, 3.8) is 0 Å². The quantitative estimate of drug-likeness (QED) is 0.308. The van der Waals surface area contributed by atoms with E-state index in [-0.39, 0.29) is 48.4 Å². The number of hydrogen-bond donors (Lipinski definition) is 2. The number of halogens is 2. The highest BCUT2D eigenvalue weighted by Gasteiger charge is 2.36. The van der Waals surface area contributed by atoms with Crippen LogP contribution in [0.5, 0.6) is 0 Å². The molecule has 2 aromatic carbocycles. The molecule has 3 unspecified atom stereocenters. The van der Waals surface area contributed by atoms with Gasteiger partial charge in [0.25, 0.3) is 5.91 Å². The lowest BCUT2D eigenvalue weighted by molar-refractivity contribution is -0.144. The zero-order valence-electron chi connectivity index (χ0n) is 24.6. The molecule has 1 amide bonds. The van der Waals surface area contributed by atoms with E-state index in [1.165, 1.54) is 0 Å². The fourth-order valence-corrected chi connectivity index (χ4v) is 7.07. The maximum Gasteiger partial charge on any atom is 0.306 e. The number of amides is 1. The number of carboxylic acid groups (broad SMARTS) is 1. The summed E-state index contributed by atoms with van der Waals surface area (Å²) < 4.78 is 20.5. The third-order valence-corrected chi connectivity index (χ3v) is 9.63. The van der Waals surface area contributed by atoms with Crippen LogP contribution in [-0.4, -0.2) is 53.9 Å². The highest BCUT2D eigenvalue weighted by molar-refractivity contribution is 6.50. The van der Waals surface area contributed by atoms with Gasteiger partial charge in [-0.3, -0.25) is 19.4 Å². The molecule has 2 saturated carbocycles. The standard InChI is InChI=1S/C34H40ClFN2O5/c1-20-12-13-37-32(29-5-3-2-4-28(20)29)33(40)38-31-11-6-21(15-30(31)35)14-26(39)18-23-16-25(36)17-24(23)19-43-27-9-7-22(8-10-27)34(41)42/h2-6,11,15,20,22-25,27H,7-10,12-14,16-19H2,1H3,(H,38,40)(H,41,42)/t20?,22?,23?,24-,25?,27?/m0/s1. The molecule has 0 bridgehead atoms. The Morgan fingerprint density at radius 2 is 1.79 bits per heavy atom. The molecule has 9 heteroatoms. The number of carbonyl (C=O) groups excluding carboxylic acids is 2. The van der Waals surface area contributed by atoms with E-state index in [0.29, 0.717) is 74.0 Å². The highest BCUT2D eigenvalue weighted by Crippen LogP contribution is 2.38. The Morgan fingerprint density at radius 1 is 1.05 bits per heavy atom. The minimum Gasteiger partial charge on any atom is -0.481 e. The van der Waals surface area contributed by atoms with Crippen LogP contribution in [0, 0.1) is 17.8 Å². The Kier molecular flexibility index (Phi) is 10.3. The van der Waals surface area contributed by atoms with E-state index >= 15 is 0 Å². The first-order chi connectivity index (χ1) is 20.7. The highest BCUT2D eigenvalue weighted by atomic mass is 35.5. The largest absolute Gasteiger partial charge is 0.481 e. The number of nitrogens with zero attached hydrogens (tertiary/aromatic N) is 1. The fourth-order valence-electron chi connectivity index (χ4n) is 6.82. The number of carboxylic acids is 1. The average Bonchev–Trinajstić information content (AvgIpc) is 3.23. The molecule has 0 saturated heterocycles. The van der Waals surface area contributed by atoms with Crippen molar-refractivity contribution in [3.8, 4) is 0 Å². The number of Topliss-reactive ketones (excluding diaryl/α,β-unsaturated/α-hetero) is 1. The zero-order valence-corrected chi connectivity index (χ0v) is 25.3. The normalized spacial score (nSPS) is 27.1. The molecular formula is C34H40ClFN2O5. The Hall–Kier alpha value is -3.10. The maximum atomic E-state index is 14.4. The van der Waals surface area contributed by atoms with Crippen LogP contribution >= 0.6 is 11.6 Å². The van der Waals surface area contributed by atoms with Crippen LogP contribution in [0.1, 0.15) is 80.9 Å². The van der Waals surface area contributed by atoms with Crippen molar-refractivity contribution in [2.45, 2.75) is 82.9 Å². The van der Waals surface area contributed by atoms with Crippen LogP contribution in [0.3, 0.4) is 0 Å². The van der Waals surface area contributed by atoms with Crippen molar-refractivity contribution < 1.29 is 28.6 Å². The summed E-state index contributed by atoms with van der Waals surface area (Å²) in [4.78, 5) is 42.0. The van der Waals surface area contributed by atoms with Crippen LogP contribution in [0.15, 0.2) is 47.5 Å². The number of ketones is 1. The second-order valence-electron chi connectivity index (χ2n) is 12.4. The molecule has 4 atom stereocenters. The number of carbonyl (C=O) groups is 3. The first-order valence-corrected chi connectivity index (χ1v) is 15.8. The molecule has 43 heavy (non-hydrogen) atoms. The van der Waals surface area contributed by atoms with Crippen molar-refractivity contribution in [3.05, 3.63) is 64.2 Å². The van der Waals surface area contributed by atoms with Crippen molar-refractivity contribution in [2.24, 2.45) is 22.7 Å². The third-order valence-electron chi connectivity index (χ3n) is 9.32. The first kappa shape index (κ1) is 31.3. The van der Waals surface area contributed by atoms with Crippen LogP contribution in [0.4, 0.5) is 10.1 Å². The Balaban J connectivity index is 1.14. The van der Waals surface area contributed by atoms with Gasteiger partial charge in [0.1, 0.15) is 17.7 Å². The van der Waals surface area contributed by atoms with Crippen LogP contribution in [0.25, 0.3) is 0 Å². The summed E-state index contributed by atoms with van der Waals surface area (Å²) in [7, 11) is 0. The molecule has 0 aromatic heterocycles. The number of hydrogen-bond acceptors (Lipinski definition) is 5. The van der Waals surface area contributed by atoms with Gasteiger partial charge < -0.3 is 15.2 Å². The number of nitrogens with one attached hydrogen (secondary N) is 1. The van der Waals surface area contributed by atoms with E-state index in [4.69, 9.17) is 16.3 Å². The second kappa shape index (κ2) is 14.1. The number of aliphatic imine (C=N–C) groups is 1. The molecule has 1 aliphatic heterocycles. The molecule has 0 radical (unpaired) electrons. The van der Waals surface area contributed by atoms with Crippen molar-refractivity contribution in [2.75, 3.05) is 18.5 Å². The average molecular weight is 611 g/mol. The minimum atomic E-state index is -0.945. The van der Waals surface area contributed by atoms with Gasteiger partial charge in [-0.2, -0.15) is 0 Å². The van der Waals surface area contributed by atoms with Gasteiger partial charge in [-0.1, -0.05) is 48.9 Å². The summed E-state index contributed by atoms with van der Waals surface area (Å²) in [5, 5.41) is 12.4. The van der Waals surface area contributed by atoms with Gasteiger partial charge in [0.2, 0.25) is 0 Å². The smallest absolute Gasteiger partial charge is 0.306 e. The lowest BCUT2D eigenvalue weighted by Gasteiger charge is -2.28. The predicted molar refractivity (Wildman–Crippen MR) is 165 cm³/mol. The monoisotopic (exact) mass is 610 g/mol. The number of rotatable bonds is 10. The van der Waals surface area contributed by atoms with Crippen molar-refractivity contribution in [1.82, 2.24) is 0 Å². The molecule has 0 spiro atoms. The minimum absolute atomic E-state index is 0.000283. The lowest BCUT2D eigenvalue weighted by atomic mass is 9.87. The molecule has 2 fully saturated rings. The van der Waals surface area contributed by atoms with Gasteiger partial charge in [0, 0.05) is 24.9 Å². The molecule has 2 N–H and O–H groups in total. The van der Waals surface area contributed by atoms with Crippen molar-refractivity contribution >= 4 is 40.7 Å². The molecule has 5 rings (SSSR count). The number of fused-ring (bicyclic) bond motifs is 1. The summed E-state index contributed by atoms with van der Waals surface area (Å²) in [5.74, 6) is -1.17. The van der Waals surface area contributed by atoms with Gasteiger partial charge in [0.15, 0.2) is 0 Å². The fraction of sp³-hybridized carbons (Fsp3) is 0.529. The van der Waals surface area contributed by atoms with Crippen LogP contribution in [0.2, 0.25) is 5.02 Å². The molecule has 2 aromatic rings. The van der Waals surface area contributed by atoms with Gasteiger partial charge in [-0.25, -0.2) is 4.39 Å². The number of benzene rings is 2. The molecule has 3 aliphatic rings. The molecular weight excluding hydrogens is 571 g/mol. The van der Waals surface area contributed by atoms with Gasteiger partial charge in [-0.05, 0) is 86.0 Å². The Morgan fingerprint density at radius 3 is 2.53 bits per heavy atom. The maximum absolute atomic E-state index is 14.4. The van der Waals surface area contributed by atoms with E-state index < -0.39 is 12.1 Å². The second-order valence-corrected chi connectivity index (χ2v) is 12.8. The Labute approximate surface area is 257 Å². The Bertz CT molecular complexity index is 1370.